The Kier molecular flexibility index (Phi) is 5.90. The third kappa shape index (κ3) is 5.22. The van der Waals surface area contributed by atoms with Crippen LogP contribution in [-0.2, 0) is 4.79 Å². The number of hydrogen-bond donors (Lipinski definition) is 1. The van der Waals surface area contributed by atoms with Gasteiger partial charge in [0.05, 0.1) is 6.54 Å². The summed E-state index contributed by atoms with van der Waals surface area (Å²) in [4.78, 5) is 11.7. The van der Waals surface area contributed by atoms with E-state index < -0.39 is 11.6 Å². The molecule has 0 atom stereocenters. The lowest BCUT2D eigenvalue weighted by Gasteiger charge is -2.02. The number of carbonyl (C=O) groups excluding carboxylic acids is 1. The number of benzene rings is 2. The van der Waals surface area contributed by atoms with Crippen LogP contribution in [0.3, 0.4) is 0 Å². The van der Waals surface area contributed by atoms with Crippen molar-refractivity contribution in [2.75, 3.05) is 19.9 Å². The fourth-order valence-electron chi connectivity index (χ4n) is 2.20. The molecule has 1 aliphatic rings. The van der Waals surface area contributed by atoms with E-state index in [1.54, 1.807) is 18.2 Å². The van der Waals surface area contributed by atoms with E-state index in [1.807, 2.05) is 6.07 Å². The molecule has 0 saturated carbocycles. The Labute approximate surface area is 154 Å². The molecule has 0 aliphatic carbocycles. The minimum Gasteiger partial charge on any atom is -0.478 e. The van der Waals surface area contributed by atoms with Gasteiger partial charge in [0.2, 0.25) is 12.7 Å². The molecule has 0 unspecified atom stereocenters. The first kappa shape index (κ1) is 18.3. The van der Waals surface area contributed by atoms with Crippen LogP contribution in [-0.4, -0.2) is 25.9 Å². The highest BCUT2D eigenvalue weighted by molar-refractivity contribution is 5.91. The van der Waals surface area contributed by atoms with Gasteiger partial charge in [-0.05, 0) is 35.9 Å². The second-order valence-corrected chi connectivity index (χ2v) is 5.38. The second kappa shape index (κ2) is 8.72. The average molecular weight is 371 g/mol. The molecule has 138 valence electrons. The van der Waals surface area contributed by atoms with E-state index in [-0.39, 0.29) is 31.6 Å². The highest BCUT2D eigenvalue weighted by Crippen LogP contribution is 2.32. The quantitative estimate of drug-likeness (QED) is 0.649. The zero-order chi connectivity index (χ0) is 19.1. The molecular formula is C20H15F2NO4. The van der Waals surface area contributed by atoms with Crippen LogP contribution in [0, 0.1) is 23.5 Å². The number of amides is 1. The maximum absolute atomic E-state index is 13.3. The van der Waals surface area contributed by atoms with Crippen molar-refractivity contribution >= 4 is 12.0 Å². The Morgan fingerprint density at radius 2 is 2.00 bits per heavy atom. The number of nitrogens with one attached hydrogen (secondary N) is 1. The molecule has 0 radical (unpaired) electrons. The molecule has 1 amide bonds. The van der Waals surface area contributed by atoms with E-state index in [9.17, 15) is 13.6 Å². The standard InChI is InChI=1S/C20H15F2NO4/c21-15-5-7-17(16(22)12-15)25-10-2-1-9-23-20(24)8-4-14-3-6-18-19(11-14)27-13-26-18/h3-8,11-12H,9-10,13H2,(H,23,24)/b8-4+. The van der Waals surface area contributed by atoms with Crippen LogP contribution >= 0.6 is 0 Å². The summed E-state index contributed by atoms with van der Waals surface area (Å²) in [5, 5.41) is 2.59. The first-order valence-corrected chi connectivity index (χ1v) is 8.01. The molecule has 27 heavy (non-hydrogen) atoms. The minimum atomic E-state index is -0.793. The highest BCUT2D eigenvalue weighted by atomic mass is 19.1. The van der Waals surface area contributed by atoms with Crippen LogP contribution in [0.2, 0.25) is 0 Å². The van der Waals surface area contributed by atoms with Crippen molar-refractivity contribution in [3.05, 3.63) is 59.7 Å². The zero-order valence-electron chi connectivity index (χ0n) is 14.1. The third-order valence-corrected chi connectivity index (χ3v) is 3.49. The normalized spacial score (nSPS) is 11.8. The van der Waals surface area contributed by atoms with Gasteiger partial charge in [0.15, 0.2) is 23.1 Å². The summed E-state index contributed by atoms with van der Waals surface area (Å²) in [7, 11) is 0. The van der Waals surface area contributed by atoms with Crippen LogP contribution in [0.15, 0.2) is 42.5 Å². The molecule has 0 aromatic heterocycles. The van der Waals surface area contributed by atoms with Crippen LogP contribution < -0.4 is 19.5 Å². The van der Waals surface area contributed by atoms with Crippen molar-refractivity contribution in [1.82, 2.24) is 5.32 Å². The molecule has 2 aromatic carbocycles. The maximum Gasteiger partial charge on any atom is 0.244 e. The Morgan fingerprint density at radius 1 is 1.15 bits per heavy atom. The lowest BCUT2D eigenvalue weighted by molar-refractivity contribution is -0.116. The van der Waals surface area contributed by atoms with Crippen molar-refractivity contribution in [3.8, 4) is 29.1 Å². The second-order valence-electron chi connectivity index (χ2n) is 5.38. The van der Waals surface area contributed by atoms with Gasteiger partial charge >= 0.3 is 0 Å². The van der Waals surface area contributed by atoms with Crippen molar-refractivity contribution in [1.29, 1.82) is 0 Å². The number of carbonyl (C=O) groups is 1. The molecule has 0 spiro atoms. The van der Waals surface area contributed by atoms with Crippen molar-refractivity contribution in [2.24, 2.45) is 0 Å². The van der Waals surface area contributed by atoms with Gasteiger partial charge in [0.25, 0.3) is 0 Å². The SMILES string of the molecule is O=C(/C=C/c1ccc2c(c1)OCO2)NCC#CCOc1ccc(F)cc1F. The van der Waals surface area contributed by atoms with Gasteiger partial charge in [-0.1, -0.05) is 17.9 Å². The number of ether oxygens (including phenoxy) is 3. The molecule has 2 aromatic rings. The van der Waals surface area contributed by atoms with Gasteiger partial charge in [-0.15, -0.1) is 0 Å². The summed E-state index contributed by atoms with van der Waals surface area (Å²) >= 11 is 0. The summed E-state index contributed by atoms with van der Waals surface area (Å²) in [6.45, 7) is 0.226. The van der Waals surface area contributed by atoms with Crippen LogP contribution in [0.5, 0.6) is 17.2 Å². The van der Waals surface area contributed by atoms with Gasteiger partial charge in [0.1, 0.15) is 12.4 Å². The molecule has 1 aliphatic heterocycles. The molecule has 7 heteroatoms. The lowest BCUT2D eigenvalue weighted by Crippen LogP contribution is -2.21. The fourth-order valence-corrected chi connectivity index (χ4v) is 2.20. The molecule has 0 bridgehead atoms. The number of halogens is 2. The molecule has 0 saturated heterocycles. The van der Waals surface area contributed by atoms with Gasteiger partial charge in [-0.3, -0.25) is 4.79 Å². The van der Waals surface area contributed by atoms with Crippen LogP contribution in [0.4, 0.5) is 8.78 Å². The maximum atomic E-state index is 13.3. The zero-order valence-corrected chi connectivity index (χ0v) is 14.1. The smallest absolute Gasteiger partial charge is 0.244 e. The van der Waals surface area contributed by atoms with E-state index in [1.165, 1.54) is 12.1 Å². The Hall–Kier alpha value is -3.53. The Balaban J connectivity index is 1.40. The summed E-state index contributed by atoms with van der Waals surface area (Å²) in [6, 6.07) is 8.37. The summed E-state index contributed by atoms with van der Waals surface area (Å²) in [5.41, 5.74) is 0.801. The molecule has 0 fully saturated rings. The van der Waals surface area contributed by atoms with E-state index in [4.69, 9.17) is 14.2 Å². The topological polar surface area (TPSA) is 56.8 Å². The summed E-state index contributed by atoms with van der Waals surface area (Å²) in [5.74, 6) is 4.76. The number of hydrogen-bond acceptors (Lipinski definition) is 4. The molecule has 3 rings (SSSR count). The summed E-state index contributed by atoms with van der Waals surface area (Å²) in [6.07, 6.45) is 3.02. The van der Waals surface area contributed by atoms with Gasteiger partial charge in [-0.25, -0.2) is 8.78 Å². The summed E-state index contributed by atoms with van der Waals surface area (Å²) < 4.78 is 41.7. The lowest BCUT2D eigenvalue weighted by atomic mass is 10.2. The van der Waals surface area contributed by atoms with Gasteiger partial charge in [0, 0.05) is 12.1 Å². The van der Waals surface area contributed by atoms with Crippen LogP contribution in [0.25, 0.3) is 6.08 Å². The molecule has 5 nitrogen and oxygen atoms in total. The molecule has 1 heterocycles. The third-order valence-electron chi connectivity index (χ3n) is 3.49. The first-order chi connectivity index (χ1) is 13.1. The Morgan fingerprint density at radius 3 is 2.85 bits per heavy atom. The van der Waals surface area contributed by atoms with Crippen LogP contribution in [0.1, 0.15) is 5.56 Å². The van der Waals surface area contributed by atoms with Crippen molar-refractivity contribution in [2.45, 2.75) is 0 Å². The van der Waals surface area contributed by atoms with E-state index >= 15 is 0 Å². The van der Waals surface area contributed by atoms with E-state index in [2.05, 4.69) is 17.2 Å². The van der Waals surface area contributed by atoms with E-state index in [0.717, 1.165) is 17.7 Å². The first-order valence-electron chi connectivity index (χ1n) is 8.01. The minimum absolute atomic E-state index is 0.0779. The fraction of sp³-hybridized carbons (Fsp3) is 0.150. The van der Waals surface area contributed by atoms with Crippen molar-refractivity contribution < 1.29 is 27.8 Å². The number of rotatable bonds is 5. The molecular weight excluding hydrogens is 356 g/mol. The average Bonchev–Trinajstić information content (AvgIpc) is 3.12. The molecule has 1 N–H and O–H groups in total. The monoisotopic (exact) mass is 371 g/mol. The highest BCUT2D eigenvalue weighted by Gasteiger charge is 2.12. The number of fused-ring (bicyclic) bond motifs is 1. The van der Waals surface area contributed by atoms with Crippen molar-refractivity contribution in [3.63, 3.8) is 0 Å². The predicted octanol–water partition coefficient (Wildman–Crippen LogP) is 2.91. The van der Waals surface area contributed by atoms with Gasteiger partial charge < -0.3 is 19.5 Å². The van der Waals surface area contributed by atoms with Gasteiger partial charge in [-0.2, -0.15) is 0 Å². The Bertz CT molecular complexity index is 931. The van der Waals surface area contributed by atoms with E-state index in [0.29, 0.717) is 11.5 Å². The largest absolute Gasteiger partial charge is 0.478 e. The predicted molar refractivity (Wildman–Crippen MR) is 94.2 cm³/mol.